The van der Waals surface area contributed by atoms with E-state index in [1.54, 1.807) is 0 Å². The molecule has 0 unspecified atom stereocenters. The summed E-state index contributed by atoms with van der Waals surface area (Å²) < 4.78 is 6.53. The van der Waals surface area contributed by atoms with Gasteiger partial charge in [-0.25, -0.2) is 0 Å². The highest BCUT2D eigenvalue weighted by Gasteiger charge is 2.19. The maximum Gasteiger partial charge on any atom is 0.325 e. The number of hydrogen-bond acceptors (Lipinski definition) is 7. The van der Waals surface area contributed by atoms with E-state index in [0.29, 0.717) is 5.16 Å². The minimum atomic E-state index is -0.477. The molecule has 150 valence electrons. The Morgan fingerprint density at radius 3 is 2.61 bits per heavy atom. The Bertz CT molecular complexity index is 790. The van der Waals surface area contributed by atoms with Crippen molar-refractivity contribution in [1.29, 1.82) is 0 Å². The van der Waals surface area contributed by atoms with Crippen molar-refractivity contribution in [3.05, 3.63) is 36.2 Å². The van der Waals surface area contributed by atoms with Crippen LogP contribution in [0.1, 0.15) is 25.1 Å². The number of benzene rings is 1. The summed E-state index contributed by atoms with van der Waals surface area (Å²) in [4.78, 5) is 25.5. The predicted molar refractivity (Wildman–Crippen MR) is 106 cm³/mol. The Hall–Kier alpha value is -2.39. The summed E-state index contributed by atoms with van der Waals surface area (Å²) in [6.07, 6.45) is 3.70. The highest BCUT2D eigenvalue weighted by molar-refractivity contribution is 7.99. The van der Waals surface area contributed by atoms with Crippen molar-refractivity contribution in [2.45, 2.75) is 31.0 Å². The number of carbonyl (C=O) groups is 2. The Balaban J connectivity index is 1.71. The summed E-state index contributed by atoms with van der Waals surface area (Å²) in [7, 11) is 1.29. The third-order valence-electron chi connectivity index (χ3n) is 4.52. The molecular formula is C19H25N5O3S. The normalized spacial score (nSPS) is 14.6. The Morgan fingerprint density at radius 1 is 1.14 bits per heavy atom. The van der Waals surface area contributed by atoms with Crippen molar-refractivity contribution >= 4 is 23.6 Å². The van der Waals surface area contributed by atoms with Crippen LogP contribution in [-0.4, -0.2) is 64.0 Å². The number of nitrogens with zero attached hydrogens (tertiary/aromatic N) is 4. The molecule has 1 aromatic carbocycles. The molecule has 1 amide bonds. The first kappa shape index (κ1) is 20.3. The van der Waals surface area contributed by atoms with Gasteiger partial charge in [0.25, 0.3) is 0 Å². The second kappa shape index (κ2) is 10.2. The van der Waals surface area contributed by atoms with Gasteiger partial charge in [-0.05, 0) is 38.1 Å². The molecule has 1 saturated heterocycles. The van der Waals surface area contributed by atoms with Gasteiger partial charge in [0.05, 0.1) is 19.4 Å². The lowest BCUT2D eigenvalue weighted by Gasteiger charge is -2.26. The molecule has 2 heterocycles. The van der Waals surface area contributed by atoms with Crippen LogP contribution in [0.5, 0.6) is 0 Å². The number of ether oxygens (including phenoxy) is 1. The molecule has 0 aliphatic carbocycles. The molecule has 1 aliphatic heterocycles. The first-order valence-electron chi connectivity index (χ1n) is 9.36. The van der Waals surface area contributed by atoms with Crippen molar-refractivity contribution in [3.8, 4) is 5.69 Å². The fourth-order valence-electron chi connectivity index (χ4n) is 3.07. The standard InChI is InChI=1S/C19H25N5O3S/c1-27-18(26)12-20-17(25)14-28-19-22-21-16(13-23-10-6-3-7-11-23)24(19)15-8-4-2-5-9-15/h2,4-5,8-9H,3,6-7,10-14H2,1H3,(H,20,25). The van der Waals surface area contributed by atoms with Crippen molar-refractivity contribution in [2.24, 2.45) is 0 Å². The van der Waals surface area contributed by atoms with Gasteiger partial charge in [-0.3, -0.25) is 19.1 Å². The van der Waals surface area contributed by atoms with Crippen LogP contribution in [-0.2, 0) is 20.9 Å². The van der Waals surface area contributed by atoms with Crippen molar-refractivity contribution in [3.63, 3.8) is 0 Å². The van der Waals surface area contributed by atoms with Gasteiger partial charge in [0.2, 0.25) is 5.91 Å². The molecule has 1 N–H and O–H groups in total. The number of para-hydroxylation sites is 1. The number of carbonyl (C=O) groups excluding carboxylic acids is 2. The summed E-state index contributed by atoms with van der Waals surface area (Å²) in [5.74, 6) is 0.280. The lowest BCUT2D eigenvalue weighted by Crippen LogP contribution is -2.31. The molecule has 0 saturated carbocycles. The van der Waals surface area contributed by atoms with Crippen LogP contribution in [0.15, 0.2) is 35.5 Å². The number of amides is 1. The summed E-state index contributed by atoms with van der Waals surface area (Å²) in [6.45, 7) is 2.73. The van der Waals surface area contributed by atoms with Crippen LogP contribution in [0.3, 0.4) is 0 Å². The quantitative estimate of drug-likeness (QED) is 0.529. The molecular weight excluding hydrogens is 378 g/mol. The van der Waals surface area contributed by atoms with Crippen molar-refractivity contribution in [1.82, 2.24) is 25.0 Å². The van der Waals surface area contributed by atoms with E-state index in [2.05, 4.69) is 25.2 Å². The minimum Gasteiger partial charge on any atom is -0.468 e. The predicted octanol–water partition coefficient (Wildman–Crippen LogP) is 1.63. The molecule has 0 spiro atoms. The number of hydrogen-bond donors (Lipinski definition) is 1. The molecule has 0 atom stereocenters. The van der Waals surface area contributed by atoms with Gasteiger partial charge < -0.3 is 10.1 Å². The van der Waals surface area contributed by atoms with Crippen molar-refractivity contribution < 1.29 is 14.3 Å². The number of piperidine rings is 1. The van der Waals surface area contributed by atoms with Crippen LogP contribution in [0.25, 0.3) is 5.69 Å². The number of likely N-dealkylation sites (tertiary alicyclic amines) is 1. The Labute approximate surface area is 168 Å². The van der Waals surface area contributed by atoms with Crippen LogP contribution in [0.2, 0.25) is 0 Å². The lowest BCUT2D eigenvalue weighted by molar-refractivity contribution is -0.140. The molecule has 3 rings (SSSR count). The van der Waals surface area contributed by atoms with E-state index < -0.39 is 5.97 Å². The van der Waals surface area contributed by atoms with Crippen LogP contribution < -0.4 is 5.32 Å². The topological polar surface area (TPSA) is 89.3 Å². The molecule has 28 heavy (non-hydrogen) atoms. The zero-order valence-corrected chi connectivity index (χ0v) is 16.8. The molecule has 8 nitrogen and oxygen atoms in total. The number of rotatable bonds is 8. The summed E-state index contributed by atoms with van der Waals surface area (Å²) >= 11 is 1.30. The van der Waals surface area contributed by atoms with Gasteiger partial charge in [-0.2, -0.15) is 0 Å². The second-order valence-corrected chi connectivity index (χ2v) is 7.49. The molecule has 0 radical (unpaired) electrons. The van der Waals surface area contributed by atoms with Crippen LogP contribution >= 0.6 is 11.8 Å². The monoisotopic (exact) mass is 403 g/mol. The molecule has 1 fully saturated rings. The van der Waals surface area contributed by atoms with E-state index in [4.69, 9.17) is 0 Å². The number of aromatic nitrogens is 3. The molecule has 0 bridgehead atoms. The van der Waals surface area contributed by atoms with Gasteiger partial charge in [0.1, 0.15) is 6.54 Å². The number of esters is 1. The highest BCUT2D eigenvalue weighted by Crippen LogP contribution is 2.23. The molecule has 9 heteroatoms. The molecule has 1 aliphatic rings. The van der Waals surface area contributed by atoms with E-state index in [1.165, 1.54) is 38.1 Å². The van der Waals surface area contributed by atoms with Gasteiger partial charge in [0, 0.05) is 5.69 Å². The largest absolute Gasteiger partial charge is 0.468 e. The summed E-state index contributed by atoms with van der Waals surface area (Å²) in [5.41, 5.74) is 0.969. The van der Waals surface area contributed by atoms with Crippen molar-refractivity contribution in [2.75, 3.05) is 32.5 Å². The maximum atomic E-state index is 12.0. The lowest BCUT2D eigenvalue weighted by atomic mass is 10.1. The number of methoxy groups -OCH3 is 1. The first-order chi connectivity index (χ1) is 13.7. The zero-order valence-electron chi connectivity index (χ0n) is 16.0. The van der Waals surface area contributed by atoms with Gasteiger partial charge in [0.15, 0.2) is 11.0 Å². The Kier molecular flexibility index (Phi) is 7.44. The van der Waals surface area contributed by atoms with Gasteiger partial charge in [-0.1, -0.05) is 36.4 Å². The van der Waals surface area contributed by atoms with Crippen LogP contribution in [0.4, 0.5) is 0 Å². The average molecular weight is 404 g/mol. The smallest absolute Gasteiger partial charge is 0.325 e. The first-order valence-corrected chi connectivity index (χ1v) is 10.3. The van der Waals surface area contributed by atoms with E-state index in [9.17, 15) is 9.59 Å². The summed E-state index contributed by atoms with van der Waals surface area (Å²) in [6, 6.07) is 9.91. The van der Waals surface area contributed by atoms with E-state index in [1.807, 2.05) is 34.9 Å². The highest BCUT2D eigenvalue weighted by atomic mass is 32.2. The maximum absolute atomic E-state index is 12.0. The van der Waals surface area contributed by atoms with Crippen LogP contribution in [0, 0.1) is 0 Å². The average Bonchev–Trinajstić information content (AvgIpc) is 3.14. The van der Waals surface area contributed by atoms with E-state index >= 15 is 0 Å². The summed E-state index contributed by atoms with van der Waals surface area (Å²) in [5, 5.41) is 11.9. The SMILES string of the molecule is COC(=O)CNC(=O)CSc1nnc(CN2CCCCC2)n1-c1ccccc1. The number of thioether (sulfide) groups is 1. The third-order valence-corrected chi connectivity index (χ3v) is 5.45. The fourth-order valence-corrected chi connectivity index (χ4v) is 3.87. The minimum absolute atomic E-state index is 0.137. The zero-order chi connectivity index (χ0) is 19.8. The fraction of sp³-hybridized carbons (Fsp3) is 0.474. The molecule has 2 aromatic rings. The van der Waals surface area contributed by atoms with E-state index in [0.717, 1.165) is 31.1 Å². The van der Waals surface area contributed by atoms with E-state index in [-0.39, 0.29) is 18.2 Å². The van der Waals surface area contributed by atoms with Gasteiger partial charge in [-0.15, -0.1) is 10.2 Å². The molecule has 1 aromatic heterocycles. The Morgan fingerprint density at radius 2 is 1.89 bits per heavy atom. The third kappa shape index (κ3) is 5.56. The number of nitrogens with one attached hydrogen (secondary N) is 1. The van der Waals surface area contributed by atoms with Gasteiger partial charge >= 0.3 is 5.97 Å². The second-order valence-electron chi connectivity index (χ2n) is 6.55.